The molecular formula is C16H22N4O4. The summed E-state index contributed by atoms with van der Waals surface area (Å²) in [5.74, 6) is 4.15. The highest BCUT2D eigenvalue weighted by molar-refractivity contribution is 5.91. The number of ether oxygens (including phenoxy) is 1. The van der Waals surface area contributed by atoms with Crippen LogP contribution in [0.1, 0.15) is 25.3 Å². The average molecular weight is 334 g/mol. The maximum Gasteiger partial charge on any atom is 0.410 e. The zero-order chi connectivity index (χ0) is 17.5. The van der Waals surface area contributed by atoms with Crippen molar-refractivity contribution in [1.29, 1.82) is 0 Å². The van der Waals surface area contributed by atoms with Gasteiger partial charge in [0.1, 0.15) is 18.7 Å². The van der Waals surface area contributed by atoms with Gasteiger partial charge in [-0.15, -0.1) is 0 Å². The van der Waals surface area contributed by atoms with Gasteiger partial charge < -0.3 is 10.1 Å². The molecule has 0 unspecified atom stereocenters. The summed E-state index contributed by atoms with van der Waals surface area (Å²) in [6, 6.07) is 7.90. The molecule has 2 rings (SSSR count). The van der Waals surface area contributed by atoms with Crippen molar-refractivity contribution in [3.8, 4) is 0 Å². The second-order valence-electron chi connectivity index (χ2n) is 5.63. The lowest BCUT2D eigenvalue weighted by molar-refractivity contribution is -0.130. The molecule has 8 heteroatoms. The molecule has 1 saturated heterocycles. The van der Waals surface area contributed by atoms with Gasteiger partial charge in [-0.2, -0.15) is 0 Å². The molecule has 8 nitrogen and oxygen atoms in total. The fraction of sp³-hybridized carbons (Fsp3) is 0.438. The molecule has 3 amide bonds. The molecule has 0 spiro atoms. The van der Waals surface area contributed by atoms with Crippen LogP contribution in [-0.4, -0.2) is 41.4 Å². The van der Waals surface area contributed by atoms with Crippen molar-refractivity contribution in [2.75, 3.05) is 6.54 Å². The smallest absolute Gasteiger partial charge is 0.410 e. The van der Waals surface area contributed by atoms with Crippen molar-refractivity contribution >= 4 is 17.9 Å². The number of nitrogens with two attached hydrogens (primary N) is 1. The molecular weight excluding hydrogens is 312 g/mol. The molecule has 1 fully saturated rings. The van der Waals surface area contributed by atoms with Crippen molar-refractivity contribution < 1.29 is 19.1 Å². The topological polar surface area (TPSA) is 114 Å². The molecule has 1 aromatic carbocycles. The Morgan fingerprint density at radius 3 is 2.71 bits per heavy atom. The first-order chi connectivity index (χ1) is 11.5. The number of amides is 3. The molecule has 1 aliphatic rings. The Kier molecular flexibility index (Phi) is 6.14. The highest BCUT2D eigenvalue weighted by atomic mass is 16.6. The Bertz CT molecular complexity index is 593. The summed E-state index contributed by atoms with van der Waals surface area (Å²) < 4.78 is 5.27. The van der Waals surface area contributed by atoms with Gasteiger partial charge >= 0.3 is 6.09 Å². The number of carbonyl (C=O) groups excluding carboxylic acids is 3. The molecule has 0 bridgehead atoms. The van der Waals surface area contributed by atoms with Crippen LogP contribution < -0.4 is 16.6 Å². The van der Waals surface area contributed by atoms with Gasteiger partial charge in [0.25, 0.3) is 5.91 Å². The van der Waals surface area contributed by atoms with E-state index >= 15 is 0 Å². The van der Waals surface area contributed by atoms with E-state index < -0.39 is 24.1 Å². The quantitative estimate of drug-likeness (QED) is 0.407. The number of nitrogens with one attached hydrogen (secondary N) is 2. The number of likely N-dealkylation sites (tertiary alicyclic amines) is 1. The van der Waals surface area contributed by atoms with Gasteiger partial charge in [-0.3, -0.25) is 19.9 Å². The molecule has 130 valence electrons. The van der Waals surface area contributed by atoms with Crippen molar-refractivity contribution in [2.24, 2.45) is 5.84 Å². The number of hydrogen-bond donors (Lipinski definition) is 3. The molecule has 4 N–H and O–H groups in total. The Balaban J connectivity index is 1.90. The Morgan fingerprint density at radius 1 is 1.33 bits per heavy atom. The molecule has 2 atom stereocenters. The maximum atomic E-state index is 12.3. The van der Waals surface area contributed by atoms with E-state index in [4.69, 9.17) is 10.6 Å². The lowest BCUT2D eigenvalue weighted by Crippen LogP contribution is -2.53. The largest absolute Gasteiger partial charge is 0.445 e. The second-order valence-corrected chi connectivity index (χ2v) is 5.63. The maximum absolute atomic E-state index is 12.3. The Hall–Kier alpha value is -2.61. The predicted octanol–water partition coefficient (Wildman–Crippen LogP) is 0.282. The Labute approximate surface area is 140 Å². The SMILES string of the molecule is C[C@H](NC(=O)[C@@H]1CCCN1C(=O)OCc1ccccc1)C(=O)NN. The predicted molar refractivity (Wildman–Crippen MR) is 86.3 cm³/mol. The zero-order valence-corrected chi connectivity index (χ0v) is 13.5. The first-order valence-corrected chi connectivity index (χ1v) is 7.81. The van der Waals surface area contributed by atoms with Crippen molar-refractivity contribution in [3.05, 3.63) is 35.9 Å². The third-order valence-electron chi connectivity index (χ3n) is 3.89. The van der Waals surface area contributed by atoms with Crippen LogP contribution in [-0.2, 0) is 20.9 Å². The van der Waals surface area contributed by atoms with E-state index in [1.165, 1.54) is 11.8 Å². The summed E-state index contributed by atoms with van der Waals surface area (Å²) in [6.45, 7) is 2.12. The molecule has 24 heavy (non-hydrogen) atoms. The van der Waals surface area contributed by atoms with Crippen LogP contribution in [0, 0.1) is 0 Å². The van der Waals surface area contributed by atoms with Crippen LogP contribution in [0.3, 0.4) is 0 Å². The number of hydrogen-bond acceptors (Lipinski definition) is 5. The number of rotatable bonds is 5. The fourth-order valence-electron chi connectivity index (χ4n) is 2.56. The zero-order valence-electron chi connectivity index (χ0n) is 13.5. The summed E-state index contributed by atoms with van der Waals surface area (Å²) >= 11 is 0. The standard InChI is InChI=1S/C16H22N4O4/c1-11(14(21)19-17)18-15(22)13-8-5-9-20(13)16(23)24-10-12-6-3-2-4-7-12/h2-4,6-7,11,13H,5,8-10,17H2,1H3,(H,18,22)(H,19,21)/t11-,13-/m0/s1. The summed E-state index contributed by atoms with van der Waals surface area (Å²) in [6.07, 6.45) is 0.701. The van der Waals surface area contributed by atoms with E-state index in [9.17, 15) is 14.4 Å². The van der Waals surface area contributed by atoms with E-state index in [0.717, 1.165) is 5.56 Å². The molecule has 0 saturated carbocycles. The molecule has 1 aliphatic heterocycles. The Morgan fingerprint density at radius 2 is 2.04 bits per heavy atom. The second kappa shape index (κ2) is 8.30. The lowest BCUT2D eigenvalue weighted by Gasteiger charge is -2.24. The third-order valence-corrected chi connectivity index (χ3v) is 3.89. The molecule has 0 aromatic heterocycles. The number of benzene rings is 1. The lowest BCUT2D eigenvalue weighted by atomic mass is 10.2. The first-order valence-electron chi connectivity index (χ1n) is 7.81. The van der Waals surface area contributed by atoms with Crippen LogP contribution in [0.5, 0.6) is 0 Å². The van der Waals surface area contributed by atoms with Gasteiger partial charge in [-0.05, 0) is 25.3 Å². The highest BCUT2D eigenvalue weighted by Crippen LogP contribution is 2.19. The number of hydrazine groups is 1. The molecule has 0 aliphatic carbocycles. The van der Waals surface area contributed by atoms with Crippen LogP contribution in [0.15, 0.2) is 30.3 Å². The van der Waals surface area contributed by atoms with Crippen molar-refractivity contribution in [3.63, 3.8) is 0 Å². The molecule has 1 heterocycles. The third kappa shape index (κ3) is 4.45. The van der Waals surface area contributed by atoms with E-state index in [-0.39, 0.29) is 12.5 Å². The van der Waals surface area contributed by atoms with Crippen LogP contribution in [0.2, 0.25) is 0 Å². The number of carbonyl (C=O) groups is 3. The monoisotopic (exact) mass is 334 g/mol. The molecule has 0 radical (unpaired) electrons. The minimum absolute atomic E-state index is 0.149. The highest BCUT2D eigenvalue weighted by Gasteiger charge is 2.36. The van der Waals surface area contributed by atoms with E-state index in [1.54, 1.807) is 0 Å². The summed E-state index contributed by atoms with van der Waals surface area (Å²) in [5, 5.41) is 2.55. The van der Waals surface area contributed by atoms with E-state index in [2.05, 4.69) is 5.32 Å². The average Bonchev–Trinajstić information content (AvgIpc) is 3.09. The van der Waals surface area contributed by atoms with Gasteiger partial charge in [-0.1, -0.05) is 30.3 Å². The fourth-order valence-corrected chi connectivity index (χ4v) is 2.56. The molecule has 1 aromatic rings. The summed E-state index contributed by atoms with van der Waals surface area (Å²) in [4.78, 5) is 37.3. The summed E-state index contributed by atoms with van der Waals surface area (Å²) in [7, 11) is 0. The van der Waals surface area contributed by atoms with Gasteiger partial charge in [0.2, 0.25) is 5.91 Å². The van der Waals surface area contributed by atoms with Crippen LogP contribution in [0.4, 0.5) is 4.79 Å². The van der Waals surface area contributed by atoms with Crippen molar-refractivity contribution in [2.45, 2.75) is 38.5 Å². The van der Waals surface area contributed by atoms with Crippen molar-refractivity contribution in [1.82, 2.24) is 15.6 Å². The van der Waals surface area contributed by atoms with Gasteiger partial charge in [0.15, 0.2) is 0 Å². The van der Waals surface area contributed by atoms with E-state index in [0.29, 0.717) is 19.4 Å². The van der Waals surface area contributed by atoms with Crippen LogP contribution >= 0.6 is 0 Å². The van der Waals surface area contributed by atoms with Crippen LogP contribution in [0.25, 0.3) is 0 Å². The van der Waals surface area contributed by atoms with Gasteiger partial charge in [0.05, 0.1) is 0 Å². The minimum atomic E-state index is -0.773. The normalized spacial score (nSPS) is 17.9. The first kappa shape index (κ1) is 17.7. The van der Waals surface area contributed by atoms with Gasteiger partial charge in [0, 0.05) is 6.54 Å². The minimum Gasteiger partial charge on any atom is -0.445 e. The van der Waals surface area contributed by atoms with E-state index in [1.807, 2.05) is 35.8 Å². The number of nitrogens with zero attached hydrogens (tertiary/aromatic N) is 1. The van der Waals surface area contributed by atoms with Gasteiger partial charge in [-0.25, -0.2) is 10.6 Å². The summed E-state index contributed by atoms with van der Waals surface area (Å²) in [5.41, 5.74) is 2.85.